The van der Waals surface area contributed by atoms with Crippen molar-refractivity contribution in [2.45, 2.75) is 51.5 Å². The number of ether oxygens (including phenoxy) is 2. The number of hydrogen-bond donors (Lipinski definition) is 0. The first-order valence-electron chi connectivity index (χ1n) is 8.06. The number of benzene rings is 1. The molecule has 1 aromatic rings. The van der Waals surface area contributed by atoms with Gasteiger partial charge in [-0.25, -0.2) is 8.78 Å². The lowest BCUT2D eigenvalue weighted by Gasteiger charge is -2.32. The highest BCUT2D eigenvalue weighted by molar-refractivity contribution is 6.31. The Bertz CT molecular complexity index is 552. The van der Waals surface area contributed by atoms with E-state index < -0.39 is 17.8 Å². The van der Waals surface area contributed by atoms with Crippen LogP contribution < -0.4 is 0 Å². The molecular weight excluding hydrogens is 322 g/mol. The molecule has 128 valence electrons. The Labute approximate surface area is 141 Å². The van der Waals surface area contributed by atoms with Gasteiger partial charge in [0.15, 0.2) is 12.0 Å². The van der Waals surface area contributed by atoms with Gasteiger partial charge in [-0.2, -0.15) is 0 Å². The van der Waals surface area contributed by atoms with Gasteiger partial charge < -0.3 is 9.47 Å². The highest BCUT2D eigenvalue weighted by atomic mass is 35.5. The smallest absolute Gasteiger partial charge is 0.177 e. The molecule has 23 heavy (non-hydrogen) atoms. The molecule has 0 saturated carbocycles. The van der Waals surface area contributed by atoms with Gasteiger partial charge in [0, 0.05) is 5.56 Å². The van der Waals surface area contributed by atoms with Crippen molar-refractivity contribution in [2.24, 2.45) is 0 Å². The van der Waals surface area contributed by atoms with Gasteiger partial charge in [0.05, 0.1) is 18.2 Å². The Kier molecular flexibility index (Phi) is 6.57. The fourth-order valence-electron chi connectivity index (χ4n) is 2.63. The molecule has 0 spiro atoms. The summed E-state index contributed by atoms with van der Waals surface area (Å²) >= 11 is 6.05. The average Bonchev–Trinajstić information content (AvgIpc) is 2.53. The lowest BCUT2D eigenvalue weighted by Crippen LogP contribution is -2.43. The summed E-state index contributed by atoms with van der Waals surface area (Å²) in [5, 5.41) is 0.158. The van der Waals surface area contributed by atoms with Crippen LogP contribution in [0, 0.1) is 5.82 Å². The van der Waals surface area contributed by atoms with Crippen molar-refractivity contribution in [3.63, 3.8) is 0 Å². The standard InChI is InChI=1S/C18H23ClF2O2/c1-3-5-13-6-7-14(17(20)16(13)19)8-9-15-22-11-18(21,10-4-2)12-23-15/h6-9,15H,3-5,10-12H2,1-2H3/b9-8+. The SMILES string of the molecule is CCCc1ccc(/C=C/C2OCC(F)(CCC)CO2)c(F)c1Cl. The molecule has 0 amide bonds. The third kappa shape index (κ3) is 4.75. The van der Waals surface area contributed by atoms with Gasteiger partial charge in [0.2, 0.25) is 0 Å². The van der Waals surface area contributed by atoms with Crippen molar-refractivity contribution in [1.29, 1.82) is 0 Å². The highest BCUT2D eigenvalue weighted by Gasteiger charge is 2.35. The fraction of sp³-hybridized carbons (Fsp3) is 0.556. The molecule has 1 heterocycles. The van der Waals surface area contributed by atoms with Crippen LogP contribution in [0.1, 0.15) is 44.2 Å². The van der Waals surface area contributed by atoms with Crippen LogP contribution in [0.3, 0.4) is 0 Å². The molecule has 1 aromatic carbocycles. The molecule has 1 fully saturated rings. The third-order valence-electron chi connectivity index (χ3n) is 3.86. The monoisotopic (exact) mass is 344 g/mol. The zero-order chi connectivity index (χ0) is 16.9. The first-order valence-corrected chi connectivity index (χ1v) is 8.44. The van der Waals surface area contributed by atoms with E-state index in [9.17, 15) is 8.78 Å². The van der Waals surface area contributed by atoms with Crippen molar-refractivity contribution in [3.8, 4) is 0 Å². The number of aryl methyl sites for hydroxylation is 1. The second-order valence-electron chi connectivity index (χ2n) is 5.94. The topological polar surface area (TPSA) is 18.5 Å². The summed E-state index contributed by atoms with van der Waals surface area (Å²) in [7, 11) is 0. The van der Waals surface area contributed by atoms with Crippen molar-refractivity contribution in [1.82, 2.24) is 0 Å². The van der Waals surface area contributed by atoms with E-state index >= 15 is 0 Å². The van der Waals surface area contributed by atoms with Crippen LogP contribution in [0.25, 0.3) is 6.08 Å². The summed E-state index contributed by atoms with van der Waals surface area (Å²) < 4.78 is 39.2. The second kappa shape index (κ2) is 8.22. The van der Waals surface area contributed by atoms with E-state index in [4.69, 9.17) is 21.1 Å². The Hall–Kier alpha value is -0.970. The molecule has 2 rings (SSSR count). The lowest BCUT2D eigenvalue weighted by atomic mass is 10.0. The molecule has 0 N–H and O–H groups in total. The van der Waals surface area contributed by atoms with Gasteiger partial charge >= 0.3 is 0 Å². The zero-order valence-electron chi connectivity index (χ0n) is 13.6. The van der Waals surface area contributed by atoms with E-state index in [1.807, 2.05) is 19.9 Å². The van der Waals surface area contributed by atoms with Gasteiger partial charge in [-0.15, -0.1) is 0 Å². The van der Waals surface area contributed by atoms with Crippen LogP contribution in [-0.2, 0) is 15.9 Å². The molecule has 1 saturated heterocycles. The number of alkyl halides is 1. The van der Waals surface area contributed by atoms with Gasteiger partial charge in [-0.3, -0.25) is 0 Å². The third-order valence-corrected chi connectivity index (χ3v) is 4.26. The van der Waals surface area contributed by atoms with Crippen LogP contribution >= 0.6 is 11.6 Å². The molecule has 1 aliphatic rings. The van der Waals surface area contributed by atoms with Gasteiger partial charge in [-0.1, -0.05) is 56.5 Å². The van der Waals surface area contributed by atoms with E-state index in [1.165, 1.54) is 0 Å². The van der Waals surface area contributed by atoms with E-state index in [1.54, 1.807) is 18.2 Å². The summed E-state index contributed by atoms with van der Waals surface area (Å²) in [5.74, 6) is -0.449. The Balaban J connectivity index is 2.00. The van der Waals surface area contributed by atoms with Gasteiger partial charge in [-0.05, 0) is 24.5 Å². The fourth-order valence-corrected chi connectivity index (χ4v) is 2.90. The summed E-state index contributed by atoms with van der Waals surface area (Å²) in [6.07, 6.45) is 5.27. The predicted octanol–water partition coefficient (Wildman–Crippen LogP) is 5.33. The number of hydrogen-bond acceptors (Lipinski definition) is 2. The minimum absolute atomic E-state index is 0.00543. The quantitative estimate of drug-likeness (QED) is 0.694. The van der Waals surface area contributed by atoms with Crippen LogP contribution in [0.2, 0.25) is 5.02 Å². The average molecular weight is 345 g/mol. The van der Waals surface area contributed by atoms with Gasteiger partial charge in [0.25, 0.3) is 0 Å². The maximum absolute atomic E-state index is 14.2. The first kappa shape index (κ1) is 18.4. The van der Waals surface area contributed by atoms with Crippen molar-refractivity contribution in [3.05, 3.63) is 40.2 Å². The zero-order valence-corrected chi connectivity index (χ0v) is 14.3. The van der Waals surface area contributed by atoms with Crippen molar-refractivity contribution >= 4 is 17.7 Å². The van der Waals surface area contributed by atoms with Gasteiger partial charge in [0.1, 0.15) is 5.82 Å². The molecular formula is C18H23ClF2O2. The molecule has 0 unspecified atom stereocenters. The molecule has 0 aliphatic carbocycles. The van der Waals surface area contributed by atoms with E-state index in [2.05, 4.69) is 0 Å². The van der Waals surface area contributed by atoms with Crippen LogP contribution in [0.4, 0.5) is 8.78 Å². The minimum atomic E-state index is -1.42. The minimum Gasteiger partial charge on any atom is -0.346 e. The molecule has 2 nitrogen and oxygen atoms in total. The number of rotatable bonds is 6. The lowest BCUT2D eigenvalue weighted by molar-refractivity contribution is -0.212. The Morgan fingerprint density at radius 1 is 1.26 bits per heavy atom. The molecule has 0 radical (unpaired) electrons. The van der Waals surface area contributed by atoms with Crippen LogP contribution in [0.15, 0.2) is 18.2 Å². The van der Waals surface area contributed by atoms with Crippen molar-refractivity contribution in [2.75, 3.05) is 13.2 Å². The Morgan fingerprint density at radius 3 is 2.57 bits per heavy atom. The summed E-state index contributed by atoms with van der Waals surface area (Å²) in [6, 6.07) is 3.51. The Morgan fingerprint density at radius 2 is 1.96 bits per heavy atom. The summed E-state index contributed by atoms with van der Waals surface area (Å²) in [5.41, 5.74) is -0.251. The van der Waals surface area contributed by atoms with Crippen molar-refractivity contribution < 1.29 is 18.3 Å². The maximum atomic E-state index is 14.2. The first-order chi connectivity index (χ1) is 11.0. The van der Waals surface area contributed by atoms with Crippen LogP contribution in [-0.4, -0.2) is 25.2 Å². The summed E-state index contributed by atoms with van der Waals surface area (Å²) in [6.45, 7) is 3.92. The predicted molar refractivity (Wildman–Crippen MR) is 88.9 cm³/mol. The maximum Gasteiger partial charge on any atom is 0.177 e. The van der Waals surface area contributed by atoms with Crippen LogP contribution in [0.5, 0.6) is 0 Å². The summed E-state index contributed by atoms with van der Waals surface area (Å²) in [4.78, 5) is 0. The second-order valence-corrected chi connectivity index (χ2v) is 6.32. The molecule has 1 aliphatic heterocycles. The van der Waals surface area contributed by atoms with E-state index in [0.717, 1.165) is 24.8 Å². The molecule has 0 bridgehead atoms. The molecule has 5 heteroatoms. The normalized spacial score (nSPS) is 25.2. The number of halogens is 3. The molecule has 0 atom stereocenters. The van der Waals surface area contributed by atoms with E-state index in [0.29, 0.717) is 12.0 Å². The largest absolute Gasteiger partial charge is 0.346 e. The molecule has 0 aromatic heterocycles. The van der Waals surface area contributed by atoms with E-state index in [-0.39, 0.29) is 18.2 Å². The highest BCUT2D eigenvalue weighted by Crippen LogP contribution is 2.27.